The van der Waals surface area contributed by atoms with Crippen molar-refractivity contribution in [2.24, 2.45) is 0 Å². The molecule has 2 aromatic rings. The molecule has 0 saturated carbocycles. The van der Waals surface area contributed by atoms with Gasteiger partial charge in [-0.3, -0.25) is 4.79 Å². The van der Waals surface area contributed by atoms with E-state index in [1.807, 2.05) is 11.9 Å². The van der Waals surface area contributed by atoms with Gasteiger partial charge in [0.15, 0.2) is 0 Å². The van der Waals surface area contributed by atoms with Gasteiger partial charge in [-0.15, -0.1) is 0 Å². The Hall–Kier alpha value is -1.93. The fourth-order valence-electron chi connectivity index (χ4n) is 3.52. The minimum absolute atomic E-state index is 0.106. The molecule has 0 radical (unpaired) electrons. The molecule has 158 valence electrons. The van der Waals surface area contributed by atoms with E-state index in [0.717, 1.165) is 67.6 Å². The van der Waals surface area contributed by atoms with E-state index in [2.05, 4.69) is 35.1 Å². The fraction of sp³-hybridized carbons (Fsp3) is 0.524. The first-order valence-corrected chi connectivity index (χ1v) is 11.0. The molecular weight excluding hydrogens is 394 g/mol. The van der Waals surface area contributed by atoms with Gasteiger partial charge in [-0.05, 0) is 25.0 Å². The van der Waals surface area contributed by atoms with Crippen LogP contribution in [0, 0.1) is 11.6 Å². The van der Waals surface area contributed by atoms with E-state index in [1.165, 1.54) is 0 Å². The minimum Gasteiger partial charge on any atom is -0.367 e. The molecular formula is C21H28F2N4OS. The molecule has 1 aromatic carbocycles. The van der Waals surface area contributed by atoms with E-state index in [1.54, 1.807) is 6.20 Å². The van der Waals surface area contributed by atoms with Crippen LogP contribution in [0.15, 0.2) is 29.2 Å². The second-order valence-corrected chi connectivity index (χ2v) is 9.20. The Labute approximate surface area is 174 Å². The fourth-order valence-corrected chi connectivity index (χ4v) is 4.49. The van der Waals surface area contributed by atoms with Gasteiger partial charge in [0.05, 0.1) is 17.6 Å². The zero-order chi connectivity index (χ0) is 21.0. The Morgan fingerprint density at radius 2 is 1.76 bits per heavy atom. The summed E-state index contributed by atoms with van der Waals surface area (Å²) in [6, 6.07) is 3.04. The molecule has 0 bridgehead atoms. The number of hydrogen-bond acceptors (Lipinski definition) is 5. The van der Waals surface area contributed by atoms with Crippen molar-refractivity contribution in [3.05, 3.63) is 51.9 Å². The van der Waals surface area contributed by atoms with Crippen LogP contribution < -0.4 is 10.5 Å². The van der Waals surface area contributed by atoms with Crippen LogP contribution in [0.5, 0.6) is 0 Å². The van der Waals surface area contributed by atoms with Gasteiger partial charge in [0.2, 0.25) is 0 Å². The number of halogens is 2. The summed E-state index contributed by atoms with van der Waals surface area (Å²) in [5, 5.41) is 4.79. The lowest BCUT2D eigenvalue weighted by atomic mass is 10.1. The zero-order valence-corrected chi connectivity index (χ0v) is 18.0. The monoisotopic (exact) mass is 422 g/mol. The molecule has 1 saturated heterocycles. The highest BCUT2D eigenvalue weighted by Gasteiger charge is 2.23. The number of unbranched alkanes of at least 4 members (excludes halogenated alkanes) is 1. The van der Waals surface area contributed by atoms with Crippen molar-refractivity contribution in [3.8, 4) is 5.69 Å². The highest BCUT2D eigenvalue weighted by Crippen LogP contribution is 2.24. The summed E-state index contributed by atoms with van der Waals surface area (Å²) in [6.07, 6.45) is 4.11. The third-order valence-electron chi connectivity index (χ3n) is 4.87. The smallest absolute Gasteiger partial charge is 0.276 e. The van der Waals surface area contributed by atoms with Crippen molar-refractivity contribution >= 4 is 17.6 Å². The van der Waals surface area contributed by atoms with Gasteiger partial charge in [-0.1, -0.05) is 39.1 Å². The highest BCUT2D eigenvalue weighted by molar-refractivity contribution is 7.97. The highest BCUT2D eigenvalue weighted by atomic mass is 32.2. The maximum atomic E-state index is 13.6. The molecule has 8 heteroatoms. The van der Waals surface area contributed by atoms with Gasteiger partial charge in [0.1, 0.15) is 11.6 Å². The molecule has 5 nitrogen and oxygen atoms in total. The predicted octanol–water partition coefficient (Wildman–Crippen LogP) is 4.03. The van der Waals surface area contributed by atoms with Crippen molar-refractivity contribution in [3.63, 3.8) is 0 Å². The molecule has 1 aliphatic rings. The van der Waals surface area contributed by atoms with Gasteiger partial charge in [-0.2, -0.15) is 9.78 Å². The summed E-state index contributed by atoms with van der Waals surface area (Å²) >= 11 is 1.85. The third kappa shape index (κ3) is 5.36. The molecule has 0 aliphatic carbocycles. The average molecular weight is 423 g/mol. The van der Waals surface area contributed by atoms with Crippen LogP contribution in [0.4, 0.5) is 14.5 Å². The Bertz CT molecular complexity index is 874. The third-order valence-corrected chi connectivity index (χ3v) is 5.95. The maximum Gasteiger partial charge on any atom is 0.276 e. The number of piperazine rings is 1. The molecule has 29 heavy (non-hydrogen) atoms. The Balaban J connectivity index is 1.92. The molecule has 2 heterocycles. The summed E-state index contributed by atoms with van der Waals surface area (Å²) in [7, 11) is 0. The number of nitrogens with zero attached hydrogens (tertiary/aromatic N) is 4. The largest absolute Gasteiger partial charge is 0.367 e. The lowest BCUT2D eigenvalue weighted by molar-refractivity contribution is 0.427. The van der Waals surface area contributed by atoms with E-state index in [0.29, 0.717) is 17.2 Å². The molecule has 1 aliphatic heterocycles. The predicted molar refractivity (Wildman–Crippen MR) is 115 cm³/mol. The summed E-state index contributed by atoms with van der Waals surface area (Å²) in [4.78, 5) is 15.4. The molecule has 1 aromatic heterocycles. The van der Waals surface area contributed by atoms with Crippen LogP contribution in [0.1, 0.15) is 39.2 Å². The summed E-state index contributed by atoms with van der Waals surface area (Å²) < 4.78 is 30.8. The normalized spacial score (nSPS) is 15.3. The lowest BCUT2D eigenvalue weighted by Crippen LogP contribution is -2.45. The van der Waals surface area contributed by atoms with Crippen LogP contribution in [0.2, 0.25) is 0 Å². The van der Waals surface area contributed by atoms with Crippen molar-refractivity contribution in [2.45, 2.75) is 45.3 Å². The number of benzene rings is 1. The molecule has 3 rings (SSSR count). The number of aromatic nitrogens is 2. The van der Waals surface area contributed by atoms with Crippen molar-refractivity contribution < 1.29 is 8.78 Å². The van der Waals surface area contributed by atoms with E-state index in [-0.39, 0.29) is 11.2 Å². The van der Waals surface area contributed by atoms with Gasteiger partial charge >= 0.3 is 0 Å². The van der Waals surface area contributed by atoms with Gasteiger partial charge in [-0.25, -0.2) is 13.1 Å². The topological polar surface area (TPSA) is 41.4 Å². The summed E-state index contributed by atoms with van der Waals surface area (Å²) in [5.41, 5.74) is 1.30. The van der Waals surface area contributed by atoms with Crippen LogP contribution in [-0.4, -0.2) is 45.5 Å². The second-order valence-electron chi connectivity index (χ2n) is 7.53. The minimum atomic E-state index is -0.730. The zero-order valence-electron chi connectivity index (χ0n) is 17.2. The first kappa shape index (κ1) is 21.8. The van der Waals surface area contributed by atoms with Crippen molar-refractivity contribution in [1.29, 1.82) is 0 Å². The first-order chi connectivity index (χ1) is 13.9. The van der Waals surface area contributed by atoms with Gasteiger partial charge in [0, 0.05) is 43.1 Å². The van der Waals surface area contributed by atoms with E-state index in [4.69, 9.17) is 0 Å². The Morgan fingerprint density at radius 1 is 1.10 bits per heavy atom. The molecule has 0 N–H and O–H groups in total. The van der Waals surface area contributed by atoms with E-state index >= 15 is 0 Å². The Morgan fingerprint density at radius 3 is 2.34 bits per heavy atom. The average Bonchev–Trinajstić information content (AvgIpc) is 2.66. The van der Waals surface area contributed by atoms with E-state index in [9.17, 15) is 13.6 Å². The molecule has 0 amide bonds. The van der Waals surface area contributed by atoms with E-state index < -0.39 is 11.6 Å². The molecule has 0 unspecified atom stereocenters. The van der Waals surface area contributed by atoms with Gasteiger partial charge < -0.3 is 4.90 Å². The lowest BCUT2D eigenvalue weighted by Gasteiger charge is -2.36. The van der Waals surface area contributed by atoms with Crippen LogP contribution in [0.3, 0.4) is 0 Å². The summed E-state index contributed by atoms with van der Waals surface area (Å²) in [6.45, 7) is 9.89. The van der Waals surface area contributed by atoms with Gasteiger partial charge in [0.25, 0.3) is 5.56 Å². The molecule has 0 spiro atoms. The quantitative estimate of drug-likeness (QED) is 0.630. The number of anilines is 1. The van der Waals surface area contributed by atoms with Crippen molar-refractivity contribution in [1.82, 2.24) is 14.1 Å². The maximum absolute atomic E-state index is 13.6. The van der Waals surface area contributed by atoms with Crippen LogP contribution >= 0.6 is 11.9 Å². The second kappa shape index (κ2) is 9.71. The summed E-state index contributed by atoms with van der Waals surface area (Å²) in [5.74, 6) is -1.46. The molecule has 1 fully saturated rings. The number of rotatable bonds is 7. The van der Waals surface area contributed by atoms with Crippen LogP contribution in [0.25, 0.3) is 5.69 Å². The Kier molecular flexibility index (Phi) is 7.29. The first-order valence-electron chi connectivity index (χ1n) is 10.1. The number of hydrogen-bond donors (Lipinski definition) is 0. The standard InChI is InChI=1S/C21H28F2N4OS/c1-4-5-6-19-20(25-7-9-26(10-8-25)29-15(2)3)14-24-27(21(19)28)18-12-16(22)11-17(23)13-18/h11-15H,4-10H2,1-3H3. The van der Waals surface area contributed by atoms with Crippen molar-refractivity contribution in [2.75, 3.05) is 31.1 Å². The van der Waals surface area contributed by atoms with Crippen LogP contribution in [-0.2, 0) is 6.42 Å². The SMILES string of the molecule is CCCCc1c(N2CCN(SC(C)C)CC2)cnn(-c2cc(F)cc(F)c2)c1=O. The molecule has 0 atom stereocenters.